The molecular weight excluding hydrogens is 481 g/mol. The maximum absolute atomic E-state index is 12.9. The Morgan fingerprint density at radius 1 is 1.35 bits per heavy atom. The van der Waals surface area contributed by atoms with Crippen LogP contribution in [-0.4, -0.2) is 21.9 Å². The van der Waals surface area contributed by atoms with Gasteiger partial charge in [-0.25, -0.2) is 0 Å². The maximum atomic E-state index is 12.9. The molecule has 0 aliphatic carbocycles. The van der Waals surface area contributed by atoms with Gasteiger partial charge in [0.2, 0.25) is 0 Å². The van der Waals surface area contributed by atoms with Crippen molar-refractivity contribution in [2.24, 2.45) is 0 Å². The van der Waals surface area contributed by atoms with E-state index in [2.05, 4.69) is 0 Å². The molecule has 7 heteroatoms. The molecule has 0 saturated carbocycles. The third kappa shape index (κ3) is 3.74. The highest BCUT2D eigenvalue weighted by Crippen LogP contribution is 2.39. The third-order valence-corrected chi connectivity index (χ3v) is 5.92. The van der Waals surface area contributed by atoms with E-state index in [1.807, 2.05) is 60.7 Å². The van der Waals surface area contributed by atoms with E-state index in [4.69, 9.17) is 17.0 Å². The number of rotatable bonds is 4. The van der Waals surface area contributed by atoms with E-state index in [-0.39, 0.29) is 11.7 Å². The Hall–Kier alpha value is -1.58. The summed E-state index contributed by atoms with van der Waals surface area (Å²) in [5, 5.41) is 10.1. The number of thiocarbonyl (C=S) groups is 1. The number of aromatic hydroxyl groups is 1. The van der Waals surface area contributed by atoms with E-state index >= 15 is 0 Å². The molecule has 1 saturated heterocycles. The highest BCUT2D eigenvalue weighted by atomic mass is 127. The molecule has 26 heavy (non-hydrogen) atoms. The normalized spacial score (nSPS) is 15.8. The van der Waals surface area contributed by atoms with Crippen molar-refractivity contribution in [3.63, 3.8) is 0 Å². The van der Waals surface area contributed by atoms with Crippen LogP contribution in [0.4, 0.5) is 5.69 Å². The molecule has 1 heterocycles. The van der Waals surface area contributed by atoms with Crippen LogP contribution in [0.1, 0.15) is 18.1 Å². The van der Waals surface area contributed by atoms with Crippen LogP contribution in [0.3, 0.4) is 0 Å². The Morgan fingerprint density at radius 3 is 2.77 bits per heavy atom. The minimum atomic E-state index is -0.143. The van der Waals surface area contributed by atoms with Crippen molar-refractivity contribution in [2.75, 3.05) is 11.5 Å². The number of hydrogen-bond acceptors (Lipinski definition) is 5. The third-order valence-electron chi connectivity index (χ3n) is 3.80. The fourth-order valence-electron chi connectivity index (χ4n) is 2.58. The summed E-state index contributed by atoms with van der Waals surface area (Å²) in [6, 6.07) is 11.2. The summed E-state index contributed by atoms with van der Waals surface area (Å²) < 4.78 is 6.63. The number of ether oxygens (including phenoxy) is 1. The molecule has 0 unspecified atom stereocenters. The molecule has 0 spiro atoms. The fourth-order valence-corrected chi connectivity index (χ4v) is 4.49. The van der Waals surface area contributed by atoms with Crippen molar-refractivity contribution in [3.05, 3.63) is 56.0 Å². The average molecular weight is 497 g/mol. The lowest BCUT2D eigenvalue weighted by atomic mass is 10.1. The van der Waals surface area contributed by atoms with Crippen molar-refractivity contribution in [2.45, 2.75) is 13.8 Å². The fraction of sp³-hybridized carbons (Fsp3) is 0.158. The molecule has 3 rings (SSSR count). The van der Waals surface area contributed by atoms with Gasteiger partial charge in [0.1, 0.15) is 0 Å². The summed E-state index contributed by atoms with van der Waals surface area (Å²) in [5.41, 5.74) is 2.57. The average Bonchev–Trinajstić information content (AvgIpc) is 2.87. The highest BCUT2D eigenvalue weighted by molar-refractivity contribution is 14.1. The second-order valence-corrected chi connectivity index (χ2v) is 8.42. The summed E-state index contributed by atoms with van der Waals surface area (Å²) in [6.07, 6.45) is 1.78. The Bertz CT molecular complexity index is 927. The molecule has 1 N–H and O–H groups in total. The van der Waals surface area contributed by atoms with Crippen LogP contribution in [-0.2, 0) is 4.79 Å². The van der Waals surface area contributed by atoms with Gasteiger partial charge in [-0.05, 0) is 71.8 Å². The van der Waals surface area contributed by atoms with E-state index in [1.54, 1.807) is 23.1 Å². The molecule has 1 aliphatic heterocycles. The monoisotopic (exact) mass is 497 g/mol. The number of benzene rings is 2. The van der Waals surface area contributed by atoms with E-state index in [1.165, 1.54) is 11.8 Å². The number of carbonyl (C=O) groups excluding carboxylic acids is 1. The van der Waals surface area contributed by atoms with Gasteiger partial charge in [0.05, 0.1) is 20.8 Å². The first kappa shape index (κ1) is 19.2. The summed E-state index contributed by atoms with van der Waals surface area (Å²) in [6.45, 7) is 4.25. The van der Waals surface area contributed by atoms with Crippen molar-refractivity contribution in [1.29, 1.82) is 0 Å². The Labute approximate surface area is 175 Å². The van der Waals surface area contributed by atoms with Gasteiger partial charge in [-0.15, -0.1) is 0 Å². The summed E-state index contributed by atoms with van der Waals surface area (Å²) in [4.78, 5) is 15.0. The molecule has 0 radical (unpaired) electrons. The summed E-state index contributed by atoms with van der Waals surface area (Å²) in [5.74, 6) is 0.368. The number of carbonyl (C=O) groups is 1. The van der Waals surface area contributed by atoms with Crippen LogP contribution in [0, 0.1) is 10.5 Å². The minimum Gasteiger partial charge on any atom is -0.504 e. The Morgan fingerprint density at radius 2 is 2.08 bits per heavy atom. The molecular formula is C19H16INO3S2. The van der Waals surface area contributed by atoms with Crippen LogP contribution < -0.4 is 9.64 Å². The number of phenols is 1. The molecule has 1 fully saturated rings. The van der Waals surface area contributed by atoms with Crippen molar-refractivity contribution < 1.29 is 14.6 Å². The van der Waals surface area contributed by atoms with Crippen LogP contribution in [0.15, 0.2) is 41.3 Å². The predicted octanol–water partition coefficient (Wildman–Crippen LogP) is 5.11. The lowest BCUT2D eigenvalue weighted by Gasteiger charge is -2.16. The number of hydrogen-bond donors (Lipinski definition) is 1. The molecule has 4 nitrogen and oxygen atoms in total. The van der Waals surface area contributed by atoms with Gasteiger partial charge in [-0.2, -0.15) is 0 Å². The van der Waals surface area contributed by atoms with Gasteiger partial charge in [-0.3, -0.25) is 9.69 Å². The van der Waals surface area contributed by atoms with Crippen LogP contribution in [0.25, 0.3) is 6.08 Å². The standard InChI is InChI=1S/C19H16INO3S2/c1-3-24-15-9-12(8-13(20)17(15)22)10-16-18(23)21(19(25)26-16)14-7-5-4-6-11(14)2/h4-10,22H,3H2,1-2H3. The number of anilines is 1. The van der Waals surface area contributed by atoms with Crippen molar-refractivity contribution in [3.8, 4) is 11.5 Å². The van der Waals surface area contributed by atoms with E-state index < -0.39 is 0 Å². The molecule has 0 bridgehead atoms. The Balaban J connectivity index is 1.97. The molecule has 2 aromatic carbocycles. The minimum absolute atomic E-state index is 0.108. The quantitative estimate of drug-likeness (QED) is 0.362. The van der Waals surface area contributed by atoms with E-state index in [0.29, 0.717) is 25.2 Å². The second-order valence-electron chi connectivity index (χ2n) is 5.59. The smallest absolute Gasteiger partial charge is 0.270 e. The zero-order chi connectivity index (χ0) is 18.8. The first-order valence-corrected chi connectivity index (χ1v) is 10.2. The Kier molecular flexibility index (Phi) is 5.89. The molecule has 0 atom stereocenters. The van der Waals surface area contributed by atoms with Gasteiger partial charge in [0.15, 0.2) is 15.8 Å². The molecule has 134 valence electrons. The van der Waals surface area contributed by atoms with Gasteiger partial charge < -0.3 is 9.84 Å². The number of halogens is 1. The zero-order valence-corrected chi connectivity index (χ0v) is 17.9. The SMILES string of the molecule is CCOc1cc(C=C2SC(=S)N(c3ccccc3C)C2=O)cc(I)c1O. The predicted molar refractivity (Wildman–Crippen MR) is 119 cm³/mol. The van der Waals surface area contributed by atoms with E-state index in [0.717, 1.165) is 16.8 Å². The number of nitrogens with zero attached hydrogens (tertiary/aromatic N) is 1. The first-order chi connectivity index (χ1) is 12.4. The van der Waals surface area contributed by atoms with Gasteiger partial charge in [-0.1, -0.05) is 42.2 Å². The van der Waals surface area contributed by atoms with E-state index in [9.17, 15) is 9.90 Å². The lowest BCUT2D eigenvalue weighted by Crippen LogP contribution is -2.28. The number of amides is 1. The maximum Gasteiger partial charge on any atom is 0.270 e. The number of para-hydroxylation sites is 1. The van der Waals surface area contributed by atoms with Crippen LogP contribution in [0.5, 0.6) is 11.5 Å². The molecule has 0 aromatic heterocycles. The number of aryl methyl sites for hydroxylation is 1. The zero-order valence-electron chi connectivity index (χ0n) is 14.2. The summed E-state index contributed by atoms with van der Waals surface area (Å²) >= 11 is 8.74. The summed E-state index contributed by atoms with van der Waals surface area (Å²) in [7, 11) is 0. The van der Waals surface area contributed by atoms with Gasteiger partial charge in [0, 0.05) is 0 Å². The topological polar surface area (TPSA) is 49.8 Å². The van der Waals surface area contributed by atoms with Crippen LogP contribution in [0.2, 0.25) is 0 Å². The molecule has 1 aliphatic rings. The first-order valence-electron chi connectivity index (χ1n) is 7.91. The van der Waals surface area contributed by atoms with Gasteiger partial charge >= 0.3 is 0 Å². The van der Waals surface area contributed by atoms with Crippen molar-refractivity contribution >= 4 is 68.6 Å². The van der Waals surface area contributed by atoms with Gasteiger partial charge in [0.25, 0.3) is 5.91 Å². The largest absolute Gasteiger partial charge is 0.504 e. The molecule has 1 amide bonds. The van der Waals surface area contributed by atoms with Crippen LogP contribution >= 0.6 is 46.6 Å². The number of phenolic OH excluding ortho intramolecular Hbond substituents is 1. The lowest BCUT2D eigenvalue weighted by molar-refractivity contribution is -0.113. The molecule has 2 aromatic rings. The number of thioether (sulfide) groups is 1. The van der Waals surface area contributed by atoms with Crippen molar-refractivity contribution in [1.82, 2.24) is 0 Å². The highest BCUT2D eigenvalue weighted by Gasteiger charge is 2.34. The second kappa shape index (κ2) is 7.98.